The van der Waals surface area contributed by atoms with Gasteiger partial charge in [0.1, 0.15) is 11.5 Å². The number of ether oxygens (including phenoxy) is 1. The van der Waals surface area contributed by atoms with Crippen LogP contribution in [0.4, 0.5) is 10.5 Å². The summed E-state index contributed by atoms with van der Waals surface area (Å²) in [6, 6.07) is 11.2. The first-order valence-electron chi connectivity index (χ1n) is 8.66. The van der Waals surface area contributed by atoms with E-state index in [1.165, 1.54) is 23.8 Å². The largest absolute Gasteiger partial charge is 0.465 e. The Labute approximate surface area is 158 Å². The standard InChI is InChI=1S/C20H24N2O5/c1-5-13-6-8-14(9-7-13)27-15-10-11-17(22(25)26)16(12-15)18(20(2,3)4)21-19(23)24/h6-12,18,21H,5H2,1-4H3,(H,23,24). The fraction of sp³-hybridized carbons (Fsp3) is 0.350. The van der Waals surface area contributed by atoms with Gasteiger partial charge in [0, 0.05) is 6.07 Å². The molecule has 144 valence electrons. The predicted molar refractivity (Wildman–Crippen MR) is 102 cm³/mol. The Morgan fingerprint density at radius 2 is 1.78 bits per heavy atom. The Balaban J connectivity index is 2.45. The van der Waals surface area contributed by atoms with Gasteiger partial charge in [0.25, 0.3) is 5.69 Å². The van der Waals surface area contributed by atoms with E-state index in [1.54, 1.807) is 0 Å². The second-order valence-corrected chi connectivity index (χ2v) is 7.33. The smallest absolute Gasteiger partial charge is 0.405 e. The number of carbonyl (C=O) groups is 1. The van der Waals surface area contributed by atoms with E-state index < -0.39 is 22.5 Å². The fourth-order valence-electron chi connectivity index (χ4n) is 2.81. The highest BCUT2D eigenvalue weighted by molar-refractivity contribution is 5.66. The molecule has 7 nitrogen and oxygen atoms in total. The lowest BCUT2D eigenvalue weighted by molar-refractivity contribution is -0.386. The SMILES string of the molecule is CCc1ccc(Oc2ccc([N+](=O)[O-])c(C(NC(=O)O)C(C)(C)C)c2)cc1. The molecule has 0 bridgehead atoms. The summed E-state index contributed by atoms with van der Waals surface area (Å²) < 4.78 is 5.82. The molecule has 2 aromatic carbocycles. The van der Waals surface area contributed by atoms with Crippen molar-refractivity contribution in [3.05, 3.63) is 63.7 Å². The van der Waals surface area contributed by atoms with Crippen LogP contribution in [0.3, 0.4) is 0 Å². The Hall–Kier alpha value is -3.09. The summed E-state index contributed by atoms with van der Waals surface area (Å²) in [5.41, 5.74) is 0.699. The van der Waals surface area contributed by atoms with Gasteiger partial charge in [-0.1, -0.05) is 39.8 Å². The van der Waals surface area contributed by atoms with Gasteiger partial charge in [-0.25, -0.2) is 4.79 Å². The van der Waals surface area contributed by atoms with Gasteiger partial charge in [0.05, 0.1) is 16.5 Å². The van der Waals surface area contributed by atoms with Crippen molar-refractivity contribution in [2.24, 2.45) is 5.41 Å². The molecule has 0 spiro atoms. The van der Waals surface area contributed by atoms with E-state index in [0.29, 0.717) is 11.5 Å². The molecule has 1 amide bonds. The molecule has 0 saturated heterocycles. The number of aryl methyl sites for hydroxylation is 1. The number of benzene rings is 2. The summed E-state index contributed by atoms with van der Waals surface area (Å²) in [7, 11) is 0. The van der Waals surface area contributed by atoms with Crippen LogP contribution in [0.5, 0.6) is 11.5 Å². The molecule has 0 aliphatic heterocycles. The molecule has 2 N–H and O–H groups in total. The van der Waals surface area contributed by atoms with E-state index in [2.05, 4.69) is 12.2 Å². The van der Waals surface area contributed by atoms with Gasteiger partial charge in [0.15, 0.2) is 0 Å². The molecule has 1 atom stereocenters. The Morgan fingerprint density at radius 3 is 2.26 bits per heavy atom. The van der Waals surface area contributed by atoms with Gasteiger partial charge in [-0.15, -0.1) is 0 Å². The quantitative estimate of drug-likeness (QED) is 0.529. The molecule has 0 fully saturated rings. The van der Waals surface area contributed by atoms with Crippen molar-refractivity contribution in [3.8, 4) is 11.5 Å². The number of nitro groups is 1. The lowest BCUT2D eigenvalue weighted by Crippen LogP contribution is -2.36. The molecule has 0 radical (unpaired) electrons. The molecular weight excluding hydrogens is 348 g/mol. The van der Waals surface area contributed by atoms with Crippen molar-refractivity contribution in [2.45, 2.75) is 40.2 Å². The molecular formula is C20H24N2O5. The maximum absolute atomic E-state index is 11.5. The molecule has 0 aliphatic rings. The van der Waals surface area contributed by atoms with Crippen molar-refractivity contribution in [1.29, 1.82) is 0 Å². The van der Waals surface area contributed by atoms with E-state index >= 15 is 0 Å². The summed E-state index contributed by atoms with van der Waals surface area (Å²) in [6.07, 6.45) is -0.332. The van der Waals surface area contributed by atoms with Crippen molar-refractivity contribution in [2.75, 3.05) is 0 Å². The molecule has 7 heteroatoms. The predicted octanol–water partition coefficient (Wildman–Crippen LogP) is 5.30. The highest BCUT2D eigenvalue weighted by Crippen LogP contribution is 2.39. The van der Waals surface area contributed by atoms with Crippen LogP contribution in [-0.4, -0.2) is 16.1 Å². The first-order valence-corrected chi connectivity index (χ1v) is 8.66. The summed E-state index contributed by atoms with van der Waals surface area (Å²) in [6.45, 7) is 7.50. The molecule has 0 aliphatic carbocycles. The van der Waals surface area contributed by atoms with E-state index in [1.807, 2.05) is 45.0 Å². The van der Waals surface area contributed by atoms with Crippen LogP contribution < -0.4 is 10.1 Å². The topological polar surface area (TPSA) is 102 Å². The minimum Gasteiger partial charge on any atom is -0.465 e. The van der Waals surface area contributed by atoms with Crippen LogP contribution in [0.2, 0.25) is 0 Å². The Kier molecular flexibility index (Phi) is 6.05. The number of amides is 1. The number of nitrogens with zero attached hydrogens (tertiary/aromatic N) is 1. The number of hydrogen-bond acceptors (Lipinski definition) is 4. The molecule has 0 aromatic heterocycles. The zero-order valence-electron chi connectivity index (χ0n) is 15.9. The van der Waals surface area contributed by atoms with Crippen molar-refractivity contribution >= 4 is 11.8 Å². The normalized spacial score (nSPS) is 12.3. The van der Waals surface area contributed by atoms with Gasteiger partial charge >= 0.3 is 6.09 Å². The fourth-order valence-corrected chi connectivity index (χ4v) is 2.81. The van der Waals surface area contributed by atoms with Crippen LogP contribution in [-0.2, 0) is 6.42 Å². The average Bonchev–Trinajstić information content (AvgIpc) is 2.59. The summed E-state index contributed by atoms with van der Waals surface area (Å²) in [4.78, 5) is 22.2. The molecule has 2 rings (SSSR count). The summed E-state index contributed by atoms with van der Waals surface area (Å²) >= 11 is 0. The third kappa shape index (κ3) is 5.20. The number of rotatable bonds is 6. The lowest BCUT2D eigenvalue weighted by Gasteiger charge is -2.30. The second-order valence-electron chi connectivity index (χ2n) is 7.33. The maximum Gasteiger partial charge on any atom is 0.405 e. The van der Waals surface area contributed by atoms with Gasteiger partial charge in [-0.05, 0) is 41.7 Å². The Bertz CT molecular complexity index is 825. The van der Waals surface area contributed by atoms with Crippen LogP contribution >= 0.6 is 0 Å². The van der Waals surface area contributed by atoms with E-state index in [0.717, 1.165) is 6.42 Å². The molecule has 0 saturated carbocycles. The zero-order valence-corrected chi connectivity index (χ0v) is 15.9. The number of carboxylic acid groups (broad SMARTS) is 1. The first kappa shape index (κ1) is 20.2. The van der Waals surface area contributed by atoms with E-state index in [-0.39, 0.29) is 11.3 Å². The minimum atomic E-state index is -1.24. The first-order chi connectivity index (χ1) is 12.6. The maximum atomic E-state index is 11.5. The Morgan fingerprint density at radius 1 is 1.19 bits per heavy atom. The summed E-state index contributed by atoms with van der Waals surface area (Å²) in [5, 5.41) is 23.0. The molecule has 2 aromatic rings. The van der Waals surface area contributed by atoms with Crippen LogP contribution in [0.1, 0.15) is 44.9 Å². The van der Waals surface area contributed by atoms with Crippen molar-refractivity contribution in [1.82, 2.24) is 5.32 Å². The van der Waals surface area contributed by atoms with Crippen LogP contribution in [0.15, 0.2) is 42.5 Å². The number of hydrogen-bond donors (Lipinski definition) is 2. The number of nitrogens with one attached hydrogen (secondary N) is 1. The van der Waals surface area contributed by atoms with Gasteiger partial charge < -0.3 is 15.2 Å². The second kappa shape index (κ2) is 8.07. The zero-order chi connectivity index (χ0) is 20.2. The van der Waals surface area contributed by atoms with Crippen LogP contribution in [0, 0.1) is 15.5 Å². The lowest BCUT2D eigenvalue weighted by atomic mass is 9.81. The van der Waals surface area contributed by atoms with Gasteiger partial charge in [0.2, 0.25) is 0 Å². The highest BCUT2D eigenvalue weighted by atomic mass is 16.6. The highest BCUT2D eigenvalue weighted by Gasteiger charge is 2.33. The summed E-state index contributed by atoms with van der Waals surface area (Å²) in [5.74, 6) is 1.01. The van der Waals surface area contributed by atoms with E-state index in [4.69, 9.17) is 4.74 Å². The third-order valence-corrected chi connectivity index (χ3v) is 4.21. The third-order valence-electron chi connectivity index (χ3n) is 4.21. The van der Waals surface area contributed by atoms with Gasteiger partial charge in [-0.2, -0.15) is 0 Å². The van der Waals surface area contributed by atoms with Crippen molar-refractivity contribution in [3.63, 3.8) is 0 Å². The molecule has 27 heavy (non-hydrogen) atoms. The van der Waals surface area contributed by atoms with E-state index in [9.17, 15) is 20.0 Å². The molecule has 1 unspecified atom stereocenters. The number of nitro benzene ring substituents is 1. The van der Waals surface area contributed by atoms with Gasteiger partial charge in [-0.3, -0.25) is 10.1 Å². The van der Waals surface area contributed by atoms with Crippen LogP contribution in [0.25, 0.3) is 0 Å². The molecule has 0 heterocycles. The minimum absolute atomic E-state index is 0.155. The van der Waals surface area contributed by atoms with Crippen molar-refractivity contribution < 1.29 is 19.6 Å². The monoisotopic (exact) mass is 372 g/mol. The average molecular weight is 372 g/mol.